The van der Waals surface area contributed by atoms with E-state index in [4.69, 9.17) is 0 Å². The number of H-pyrrole nitrogens is 1. The van der Waals surface area contributed by atoms with Gasteiger partial charge < -0.3 is 5.32 Å². The monoisotopic (exact) mass is 315 g/mol. The lowest BCUT2D eigenvalue weighted by molar-refractivity contribution is 0.0951. The molecular formula is C14H13N5O2S. The molecule has 22 heavy (non-hydrogen) atoms. The Kier molecular flexibility index (Phi) is 3.84. The Morgan fingerprint density at radius 3 is 2.73 bits per heavy atom. The number of nitrogens with zero attached hydrogens (tertiary/aromatic N) is 3. The first-order chi connectivity index (χ1) is 10.6. The summed E-state index contributed by atoms with van der Waals surface area (Å²) in [6.45, 7) is 0.409. The van der Waals surface area contributed by atoms with Gasteiger partial charge in [0, 0.05) is 29.8 Å². The molecule has 2 N–H and O–H groups in total. The first-order valence-corrected chi connectivity index (χ1v) is 7.42. The van der Waals surface area contributed by atoms with Gasteiger partial charge in [-0.1, -0.05) is 12.1 Å². The zero-order valence-electron chi connectivity index (χ0n) is 11.7. The van der Waals surface area contributed by atoms with Gasteiger partial charge in [0.2, 0.25) is 0 Å². The summed E-state index contributed by atoms with van der Waals surface area (Å²) in [5.74, 6) is 0.304. The largest absolute Gasteiger partial charge is 0.346 e. The molecule has 0 bridgehead atoms. The maximum absolute atomic E-state index is 12.0. The Hall–Kier alpha value is -2.74. The molecule has 1 amide bonds. The number of hydrogen-bond acceptors (Lipinski definition) is 5. The van der Waals surface area contributed by atoms with Gasteiger partial charge in [0.15, 0.2) is 5.82 Å². The van der Waals surface area contributed by atoms with Gasteiger partial charge in [0.25, 0.3) is 5.91 Å². The highest BCUT2D eigenvalue weighted by Gasteiger charge is 2.08. The molecule has 3 rings (SSSR count). The average Bonchev–Trinajstić information content (AvgIpc) is 3.16. The predicted octanol–water partition coefficient (Wildman–Crippen LogP) is 1.16. The van der Waals surface area contributed by atoms with Crippen LogP contribution in [0.1, 0.15) is 15.4 Å². The van der Waals surface area contributed by atoms with Gasteiger partial charge in [-0.3, -0.25) is 9.78 Å². The highest BCUT2D eigenvalue weighted by atomic mass is 32.1. The molecule has 0 fully saturated rings. The number of aryl methyl sites for hydroxylation is 1. The lowest BCUT2D eigenvalue weighted by atomic mass is 10.1. The maximum Gasteiger partial charge on any atom is 0.343 e. The van der Waals surface area contributed by atoms with Gasteiger partial charge in [-0.05, 0) is 12.1 Å². The Bertz CT molecular complexity index is 833. The van der Waals surface area contributed by atoms with Crippen molar-refractivity contribution in [1.29, 1.82) is 0 Å². The smallest absolute Gasteiger partial charge is 0.343 e. The first kappa shape index (κ1) is 14.2. The van der Waals surface area contributed by atoms with Crippen LogP contribution in [0.25, 0.3) is 11.4 Å². The fourth-order valence-electron chi connectivity index (χ4n) is 1.91. The minimum absolute atomic E-state index is 0.170. The predicted molar refractivity (Wildman–Crippen MR) is 82.5 cm³/mol. The molecule has 0 saturated heterocycles. The van der Waals surface area contributed by atoms with Crippen molar-refractivity contribution >= 4 is 17.2 Å². The molecule has 0 spiro atoms. The fourth-order valence-corrected chi connectivity index (χ4v) is 2.47. The third-order valence-corrected chi connectivity index (χ3v) is 3.85. The number of amides is 1. The molecule has 0 saturated carbocycles. The molecule has 0 radical (unpaired) electrons. The normalized spacial score (nSPS) is 10.6. The topological polar surface area (TPSA) is 92.7 Å². The summed E-state index contributed by atoms with van der Waals surface area (Å²) >= 11 is 1.49. The summed E-state index contributed by atoms with van der Waals surface area (Å²) in [6, 6.07) is 6.88. The molecule has 0 aliphatic heterocycles. The van der Waals surface area contributed by atoms with E-state index in [9.17, 15) is 9.59 Å². The first-order valence-electron chi connectivity index (χ1n) is 6.54. The fraction of sp³-hybridized carbons (Fsp3) is 0.143. The van der Waals surface area contributed by atoms with Gasteiger partial charge >= 0.3 is 5.69 Å². The van der Waals surface area contributed by atoms with Crippen molar-refractivity contribution < 1.29 is 4.79 Å². The van der Waals surface area contributed by atoms with Crippen molar-refractivity contribution in [2.24, 2.45) is 7.05 Å². The minimum atomic E-state index is -0.278. The van der Waals surface area contributed by atoms with E-state index in [0.717, 1.165) is 10.6 Å². The van der Waals surface area contributed by atoms with Crippen LogP contribution < -0.4 is 11.0 Å². The Morgan fingerprint density at radius 2 is 2.14 bits per heavy atom. The number of nitrogens with one attached hydrogen (secondary N) is 2. The Labute approximate surface area is 129 Å². The summed E-state index contributed by atoms with van der Waals surface area (Å²) in [7, 11) is 1.57. The molecule has 7 nitrogen and oxygen atoms in total. The van der Waals surface area contributed by atoms with E-state index in [0.29, 0.717) is 17.9 Å². The van der Waals surface area contributed by atoms with Gasteiger partial charge in [0.1, 0.15) is 5.01 Å². The van der Waals surface area contributed by atoms with Gasteiger partial charge in [-0.2, -0.15) is 5.10 Å². The third-order valence-electron chi connectivity index (χ3n) is 3.07. The summed E-state index contributed by atoms with van der Waals surface area (Å²) in [5, 5.41) is 9.59. The van der Waals surface area contributed by atoms with Crippen molar-refractivity contribution in [3.63, 3.8) is 0 Å². The van der Waals surface area contributed by atoms with E-state index in [1.54, 1.807) is 37.5 Å². The van der Waals surface area contributed by atoms with Crippen molar-refractivity contribution in [2.45, 2.75) is 6.54 Å². The van der Waals surface area contributed by atoms with Crippen molar-refractivity contribution in [1.82, 2.24) is 25.1 Å². The number of carbonyl (C=O) groups is 1. The van der Waals surface area contributed by atoms with Crippen LogP contribution >= 0.6 is 11.3 Å². The Balaban J connectivity index is 1.70. The van der Waals surface area contributed by atoms with Crippen molar-refractivity contribution in [3.8, 4) is 11.4 Å². The molecule has 0 aliphatic carbocycles. The zero-order chi connectivity index (χ0) is 15.5. The quantitative estimate of drug-likeness (QED) is 0.755. The second kappa shape index (κ2) is 5.94. The van der Waals surface area contributed by atoms with Crippen LogP contribution in [0.4, 0.5) is 0 Å². The van der Waals surface area contributed by atoms with E-state index in [1.807, 2.05) is 5.38 Å². The SMILES string of the molecule is Cn1nc(-c2ccc(C(=O)NCc3nccs3)cc2)[nH]c1=O. The number of hydrogen-bond donors (Lipinski definition) is 2. The second-order valence-electron chi connectivity index (χ2n) is 4.59. The van der Waals surface area contributed by atoms with Crippen LogP contribution in [0.5, 0.6) is 0 Å². The lowest BCUT2D eigenvalue weighted by Crippen LogP contribution is -2.22. The van der Waals surface area contributed by atoms with Crippen LogP contribution in [-0.2, 0) is 13.6 Å². The van der Waals surface area contributed by atoms with Gasteiger partial charge in [0.05, 0.1) is 6.54 Å². The highest BCUT2D eigenvalue weighted by molar-refractivity contribution is 7.09. The van der Waals surface area contributed by atoms with Crippen molar-refractivity contribution in [3.05, 3.63) is 56.9 Å². The molecule has 2 heterocycles. The molecule has 2 aromatic heterocycles. The van der Waals surface area contributed by atoms with Gasteiger partial charge in [-0.25, -0.2) is 14.5 Å². The standard InChI is InChI=1S/C14H13N5O2S/c1-19-14(21)17-12(18-19)9-2-4-10(5-3-9)13(20)16-8-11-15-6-7-22-11/h2-7H,8H2,1H3,(H,16,20)(H,17,18,21). The summed E-state index contributed by atoms with van der Waals surface area (Å²) in [6.07, 6.45) is 1.70. The number of benzene rings is 1. The molecule has 0 aliphatic rings. The highest BCUT2D eigenvalue weighted by Crippen LogP contribution is 2.14. The number of aromatic amines is 1. The summed E-state index contributed by atoms with van der Waals surface area (Å²) < 4.78 is 1.23. The minimum Gasteiger partial charge on any atom is -0.346 e. The van der Waals surface area contributed by atoms with E-state index in [-0.39, 0.29) is 11.6 Å². The molecular weight excluding hydrogens is 302 g/mol. The number of thiazole rings is 1. The van der Waals surface area contributed by atoms with E-state index in [2.05, 4.69) is 20.4 Å². The third kappa shape index (κ3) is 2.96. The van der Waals surface area contributed by atoms with E-state index < -0.39 is 0 Å². The Morgan fingerprint density at radius 1 is 1.36 bits per heavy atom. The van der Waals surface area contributed by atoms with E-state index >= 15 is 0 Å². The average molecular weight is 315 g/mol. The molecule has 1 aromatic carbocycles. The molecule has 112 valence electrons. The summed E-state index contributed by atoms with van der Waals surface area (Å²) in [4.78, 5) is 30.1. The number of carbonyl (C=O) groups excluding carboxylic acids is 1. The zero-order valence-corrected chi connectivity index (χ0v) is 12.6. The number of aromatic nitrogens is 4. The second-order valence-corrected chi connectivity index (χ2v) is 5.57. The lowest BCUT2D eigenvalue weighted by Gasteiger charge is -2.04. The van der Waals surface area contributed by atoms with Crippen LogP contribution in [0.2, 0.25) is 0 Å². The number of rotatable bonds is 4. The van der Waals surface area contributed by atoms with Crippen LogP contribution in [0.15, 0.2) is 40.6 Å². The maximum atomic E-state index is 12.0. The molecule has 0 unspecified atom stereocenters. The molecule has 8 heteroatoms. The van der Waals surface area contributed by atoms with Crippen LogP contribution in [0, 0.1) is 0 Å². The molecule has 0 atom stereocenters. The van der Waals surface area contributed by atoms with Crippen LogP contribution in [0.3, 0.4) is 0 Å². The van der Waals surface area contributed by atoms with Crippen LogP contribution in [-0.4, -0.2) is 25.7 Å². The van der Waals surface area contributed by atoms with E-state index in [1.165, 1.54) is 16.0 Å². The molecule has 3 aromatic rings. The van der Waals surface area contributed by atoms with Crippen molar-refractivity contribution in [2.75, 3.05) is 0 Å². The summed E-state index contributed by atoms with van der Waals surface area (Å²) in [5.41, 5.74) is 1.01. The van der Waals surface area contributed by atoms with Gasteiger partial charge in [-0.15, -0.1) is 11.3 Å².